The minimum absolute atomic E-state index is 0.112. The molecule has 2 aromatic heterocycles. The first-order valence-corrected chi connectivity index (χ1v) is 9.99. The fourth-order valence-electron chi connectivity index (χ4n) is 3.24. The van der Waals surface area contributed by atoms with Gasteiger partial charge < -0.3 is 5.32 Å². The molecule has 32 heavy (non-hydrogen) atoms. The van der Waals surface area contributed by atoms with Crippen LogP contribution in [0, 0.1) is 0 Å². The van der Waals surface area contributed by atoms with E-state index in [-0.39, 0.29) is 17.3 Å². The summed E-state index contributed by atoms with van der Waals surface area (Å²) in [5, 5.41) is 10.7. The number of nitrogens with zero attached hydrogens (tertiary/aromatic N) is 4. The van der Waals surface area contributed by atoms with Gasteiger partial charge >= 0.3 is 6.18 Å². The Morgan fingerprint density at radius 3 is 2.47 bits per heavy atom. The van der Waals surface area contributed by atoms with E-state index in [9.17, 15) is 18.0 Å². The van der Waals surface area contributed by atoms with E-state index >= 15 is 0 Å². The van der Waals surface area contributed by atoms with Gasteiger partial charge in [-0.25, -0.2) is 9.36 Å². The standard InChI is InChI=1S/C22H17ClF3N5O/c23-16-3-1-4-18(13-16)31-20(22(24,25)26)19(14-29-31)21(32)27-11-9-15-5-7-17(8-6-15)30-12-2-10-28-30/h1-8,10,12-14H,9,11H2,(H,27,32). The van der Waals surface area contributed by atoms with Crippen molar-refractivity contribution in [1.82, 2.24) is 24.9 Å². The summed E-state index contributed by atoms with van der Waals surface area (Å²) in [5.41, 5.74) is 0.214. The van der Waals surface area contributed by atoms with Gasteiger partial charge in [0.2, 0.25) is 0 Å². The predicted octanol–water partition coefficient (Wildman–Crippen LogP) is 4.70. The summed E-state index contributed by atoms with van der Waals surface area (Å²) < 4.78 is 43.6. The Morgan fingerprint density at radius 1 is 1.03 bits per heavy atom. The van der Waals surface area contributed by atoms with Crippen molar-refractivity contribution in [1.29, 1.82) is 0 Å². The maximum atomic E-state index is 13.7. The lowest BCUT2D eigenvalue weighted by atomic mass is 10.1. The number of benzene rings is 2. The highest BCUT2D eigenvalue weighted by molar-refractivity contribution is 6.30. The van der Waals surface area contributed by atoms with Crippen LogP contribution in [0.4, 0.5) is 13.2 Å². The molecular formula is C22H17ClF3N5O. The molecule has 0 spiro atoms. The van der Waals surface area contributed by atoms with E-state index in [1.165, 1.54) is 24.3 Å². The third kappa shape index (κ3) is 4.67. The number of hydrogen-bond donors (Lipinski definition) is 1. The van der Waals surface area contributed by atoms with Crippen LogP contribution in [-0.4, -0.2) is 32.0 Å². The van der Waals surface area contributed by atoms with E-state index in [1.54, 1.807) is 10.9 Å². The molecule has 4 rings (SSSR count). The van der Waals surface area contributed by atoms with Gasteiger partial charge in [-0.1, -0.05) is 29.8 Å². The number of alkyl halides is 3. The van der Waals surface area contributed by atoms with Crippen molar-refractivity contribution in [2.45, 2.75) is 12.6 Å². The second-order valence-electron chi connectivity index (χ2n) is 6.92. The molecule has 0 aliphatic carbocycles. The highest BCUT2D eigenvalue weighted by atomic mass is 35.5. The van der Waals surface area contributed by atoms with Crippen LogP contribution in [0.3, 0.4) is 0 Å². The highest BCUT2D eigenvalue weighted by Crippen LogP contribution is 2.34. The number of amides is 1. The lowest BCUT2D eigenvalue weighted by Crippen LogP contribution is -2.28. The number of hydrogen-bond acceptors (Lipinski definition) is 3. The minimum Gasteiger partial charge on any atom is -0.352 e. The molecule has 2 heterocycles. The molecule has 0 aliphatic rings. The number of rotatable bonds is 6. The van der Waals surface area contributed by atoms with Crippen LogP contribution in [0.25, 0.3) is 11.4 Å². The fraction of sp³-hybridized carbons (Fsp3) is 0.136. The molecule has 0 fully saturated rings. The van der Waals surface area contributed by atoms with E-state index in [2.05, 4.69) is 15.5 Å². The molecule has 4 aromatic rings. The first kappa shape index (κ1) is 21.6. The summed E-state index contributed by atoms with van der Waals surface area (Å²) in [6.45, 7) is 0.166. The zero-order valence-electron chi connectivity index (χ0n) is 16.6. The molecule has 164 valence electrons. The van der Waals surface area contributed by atoms with E-state index < -0.39 is 23.3 Å². The van der Waals surface area contributed by atoms with Crippen LogP contribution in [-0.2, 0) is 12.6 Å². The van der Waals surface area contributed by atoms with Crippen molar-refractivity contribution in [3.8, 4) is 11.4 Å². The highest BCUT2D eigenvalue weighted by Gasteiger charge is 2.40. The number of carbonyl (C=O) groups is 1. The molecule has 1 N–H and O–H groups in total. The smallest absolute Gasteiger partial charge is 0.352 e. The Kier molecular flexibility index (Phi) is 6.00. The van der Waals surface area contributed by atoms with Crippen molar-refractivity contribution >= 4 is 17.5 Å². The largest absolute Gasteiger partial charge is 0.434 e. The summed E-state index contributed by atoms with van der Waals surface area (Å²) in [6, 6.07) is 15.1. The van der Waals surface area contributed by atoms with E-state index in [4.69, 9.17) is 11.6 Å². The average Bonchev–Trinajstić information content (AvgIpc) is 3.44. The molecule has 0 radical (unpaired) electrons. The predicted molar refractivity (Wildman–Crippen MR) is 113 cm³/mol. The normalized spacial score (nSPS) is 11.5. The van der Waals surface area contributed by atoms with Crippen LogP contribution in [0.15, 0.2) is 73.2 Å². The van der Waals surface area contributed by atoms with Gasteiger partial charge in [0.15, 0.2) is 5.69 Å². The Labute approximate surface area is 186 Å². The molecule has 0 unspecified atom stereocenters. The number of aromatic nitrogens is 4. The molecule has 0 atom stereocenters. The molecule has 1 amide bonds. The molecule has 0 aliphatic heterocycles. The first-order valence-electron chi connectivity index (χ1n) is 9.61. The topological polar surface area (TPSA) is 64.7 Å². The molecule has 0 saturated carbocycles. The molecule has 10 heteroatoms. The Balaban J connectivity index is 1.46. The summed E-state index contributed by atoms with van der Waals surface area (Å²) in [7, 11) is 0. The lowest BCUT2D eigenvalue weighted by Gasteiger charge is -2.13. The van der Waals surface area contributed by atoms with Crippen molar-refractivity contribution in [2.75, 3.05) is 6.54 Å². The summed E-state index contributed by atoms with van der Waals surface area (Å²) in [6.07, 6.45) is 0.0743. The van der Waals surface area contributed by atoms with Gasteiger partial charge in [-0.2, -0.15) is 23.4 Å². The third-order valence-electron chi connectivity index (χ3n) is 4.74. The van der Waals surface area contributed by atoms with Crippen molar-refractivity contribution in [3.05, 3.63) is 95.0 Å². The van der Waals surface area contributed by atoms with Crippen LogP contribution in [0.5, 0.6) is 0 Å². The zero-order chi connectivity index (χ0) is 22.7. The van der Waals surface area contributed by atoms with E-state index in [0.29, 0.717) is 11.1 Å². The van der Waals surface area contributed by atoms with Gasteiger partial charge in [-0.15, -0.1) is 0 Å². The Bertz CT molecular complexity index is 1220. The molecule has 2 aromatic carbocycles. The fourth-order valence-corrected chi connectivity index (χ4v) is 3.43. The third-order valence-corrected chi connectivity index (χ3v) is 4.97. The summed E-state index contributed by atoms with van der Waals surface area (Å²) >= 11 is 5.89. The molecule has 0 bridgehead atoms. The van der Waals surface area contributed by atoms with Crippen LogP contribution in [0.2, 0.25) is 5.02 Å². The first-order chi connectivity index (χ1) is 15.3. The SMILES string of the molecule is O=C(NCCc1ccc(-n2cccn2)cc1)c1cnn(-c2cccc(Cl)c2)c1C(F)(F)F. The minimum atomic E-state index is -4.78. The van der Waals surface area contributed by atoms with E-state index in [1.807, 2.05) is 36.5 Å². The molecule has 0 saturated heterocycles. The summed E-state index contributed by atoms with van der Waals surface area (Å²) in [4.78, 5) is 12.5. The maximum absolute atomic E-state index is 13.7. The van der Waals surface area contributed by atoms with Gasteiger partial charge in [-0.3, -0.25) is 4.79 Å². The summed E-state index contributed by atoms with van der Waals surface area (Å²) in [5.74, 6) is -0.848. The van der Waals surface area contributed by atoms with Crippen LogP contribution >= 0.6 is 11.6 Å². The van der Waals surface area contributed by atoms with Crippen molar-refractivity contribution in [2.24, 2.45) is 0 Å². The quantitative estimate of drug-likeness (QED) is 0.454. The number of carbonyl (C=O) groups excluding carboxylic acids is 1. The van der Waals surface area contributed by atoms with Gasteiger partial charge in [0.1, 0.15) is 0 Å². The monoisotopic (exact) mass is 459 g/mol. The van der Waals surface area contributed by atoms with Crippen molar-refractivity contribution in [3.63, 3.8) is 0 Å². The van der Waals surface area contributed by atoms with Gasteiger partial charge in [0.25, 0.3) is 5.91 Å². The van der Waals surface area contributed by atoms with E-state index in [0.717, 1.165) is 17.4 Å². The molecule has 6 nitrogen and oxygen atoms in total. The van der Waals surface area contributed by atoms with Crippen LogP contribution in [0.1, 0.15) is 21.6 Å². The maximum Gasteiger partial charge on any atom is 0.434 e. The Hall–Kier alpha value is -3.59. The van der Waals surface area contributed by atoms with Crippen LogP contribution < -0.4 is 5.32 Å². The molecular weight excluding hydrogens is 443 g/mol. The Morgan fingerprint density at radius 2 is 1.81 bits per heavy atom. The second-order valence-corrected chi connectivity index (χ2v) is 7.36. The number of nitrogens with one attached hydrogen (secondary N) is 1. The zero-order valence-corrected chi connectivity index (χ0v) is 17.3. The second kappa shape index (κ2) is 8.88. The lowest BCUT2D eigenvalue weighted by molar-refractivity contribution is -0.143. The van der Waals surface area contributed by atoms with Crippen molar-refractivity contribution < 1.29 is 18.0 Å². The van der Waals surface area contributed by atoms with Gasteiger partial charge in [0.05, 0.1) is 23.1 Å². The average molecular weight is 460 g/mol. The van der Waals surface area contributed by atoms with Gasteiger partial charge in [-0.05, 0) is 48.4 Å². The number of halogens is 4. The van der Waals surface area contributed by atoms with Gasteiger partial charge in [0, 0.05) is 24.0 Å².